The van der Waals surface area contributed by atoms with E-state index in [0.717, 1.165) is 47.7 Å². The van der Waals surface area contributed by atoms with Crippen molar-refractivity contribution in [1.82, 2.24) is 0 Å². The third kappa shape index (κ3) is 5.43. The molecule has 1 aliphatic carbocycles. The number of hydrogen-bond donors (Lipinski definition) is 1. The first-order valence-corrected chi connectivity index (χ1v) is 11.4. The Hall–Kier alpha value is -2.17. The Labute approximate surface area is 174 Å². The zero-order valence-electron chi connectivity index (χ0n) is 16.0. The fourth-order valence-corrected chi connectivity index (χ4v) is 5.03. The number of benzene rings is 1. The first kappa shape index (κ1) is 20.6. The number of methoxy groups -OCH3 is 1. The summed E-state index contributed by atoms with van der Waals surface area (Å²) in [5.41, 5.74) is 1.82. The van der Waals surface area contributed by atoms with Gasteiger partial charge in [-0.1, -0.05) is 6.42 Å². The van der Waals surface area contributed by atoms with Crippen LogP contribution in [-0.4, -0.2) is 31.1 Å². The van der Waals surface area contributed by atoms with Crippen LogP contribution in [0.3, 0.4) is 0 Å². The number of amides is 1. The Kier molecular flexibility index (Phi) is 7.63. The highest BCUT2D eigenvalue weighted by Gasteiger charge is 2.20. The Morgan fingerprint density at radius 1 is 1.21 bits per heavy atom. The lowest BCUT2D eigenvalue weighted by Crippen LogP contribution is -2.15. The minimum atomic E-state index is -0.0673. The molecule has 5 nitrogen and oxygen atoms in total. The SMILES string of the molecule is COc1ccc(OCCSCC(=O)Nc2sc3c(c2C#N)CCCCC3)cc1. The van der Waals surface area contributed by atoms with Crippen molar-refractivity contribution >= 4 is 34.0 Å². The highest BCUT2D eigenvalue weighted by Crippen LogP contribution is 2.37. The molecular formula is C21H24N2O3S2. The molecule has 1 aromatic carbocycles. The standard InChI is InChI=1S/C21H24N2O3S2/c1-25-15-7-9-16(10-8-15)26-11-12-27-14-20(24)23-21-18(13-22)17-5-3-2-4-6-19(17)28-21/h7-10H,2-6,11-12,14H2,1H3,(H,23,24). The molecule has 28 heavy (non-hydrogen) atoms. The zero-order valence-corrected chi connectivity index (χ0v) is 17.6. The highest BCUT2D eigenvalue weighted by molar-refractivity contribution is 7.99. The molecule has 1 aromatic heterocycles. The maximum absolute atomic E-state index is 12.3. The summed E-state index contributed by atoms with van der Waals surface area (Å²) < 4.78 is 10.8. The van der Waals surface area contributed by atoms with E-state index in [9.17, 15) is 10.1 Å². The zero-order chi connectivity index (χ0) is 19.8. The Bertz CT molecular complexity index is 841. The fourth-order valence-electron chi connectivity index (χ4n) is 3.17. The molecule has 2 aromatic rings. The summed E-state index contributed by atoms with van der Waals surface area (Å²) in [6.45, 7) is 0.529. The minimum absolute atomic E-state index is 0.0673. The molecule has 1 amide bonds. The van der Waals surface area contributed by atoms with Gasteiger partial charge in [0.1, 0.15) is 22.6 Å². The van der Waals surface area contributed by atoms with Gasteiger partial charge in [-0.15, -0.1) is 23.1 Å². The van der Waals surface area contributed by atoms with Crippen LogP contribution in [0.15, 0.2) is 24.3 Å². The number of carbonyl (C=O) groups is 1. The molecule has 7 heteroatoms. The van der Waals surface area contributed by atoms with Crippen molar-refractivity contribution in [3.05, 3.63) is 40.3 Å². The topological polar surface area (TPSA) is 71.3 Å². The second-order valence-electron chi connectivity index (χ2n) is 6.51. The van der Waals surface area contributed by atoms with Gasteiger partial charge in [0, 0.05) is 10.6 Å². The van der Waals surface area contributed by atoms with Crippen LogP contribution in [0.4, 0.5) is 5.00 Å². The van der Waals surface area contributed by atoms with E-state index >= 15 is 0 Å². The molecule has 3 rings (SSSR count). The molecular weight excluding hydrogens is 392 g/mol. The third-order valence-electron chi connectivity index (χ3n) is 4.58. The van der Waals surface area contributed by atoms with Gasteiger partial charge in [0.05, 0.1) is 25.0 Å². The lowest BCUT2D eigenvalue weighted by Gasteiger charge is -2.07. The van der Waals surface area contributed by atoms with Crippen molar-refractivity contribution in [3.8, 4) is 17.6 Å². The number of nitrogens with one attached hydrogen (secondary N) is 1. The van der Waals surface area contributed by atoms with Gasteiger partial charge < -0.3 is 14.8 Å². The molecule has 0 spiro atoms. The van der Waals surface area contributed by atoms with Crippen LogP contribution < -0.4 is 14.8 Å². The van der Waals surface area contributed by atoms with Crippen LogP contribution in [0.5, 0.6) is 11.5 Å². The fraction of sp³-hybridized carbons (Fsp3) is 0.429. The maximum Gasteiger partial charge on any atom is 0.235 e. The van der Waals surface area contributed by atoms with Gasteiger partial charge in [0.15, 0.2) is 0 Å². The van der Waals surface area contributed by atoms with E-state index in [1.807, 2.05) is 24.3 Å². The average Bonchev–Trinajstić information content (AvgIpc) is 2.87. The molecule has 0 saturated heterocycles. The summed E-state index contributed by atoms with van der Waals surface area (Å²) in [7, 11) is 1.63. The molecule has 1 N–H and O–H groups in total. The molecule has 0 bridgehead atoms. The smallest absolute Gasteiger partial charge is 0.235 e. The molecule has 148 valence electrons. The minimum Gasteiger partial charge on any atom is -0.497 e. The molecule has 0 atom stereocenters. The van der Waals surface area contributed by atoms with Gasteiger partial charge in [-0.3, -0.25) is 4.79 Å². The van der Waals surface area contributed by atoms with E-state index < -0.39 is 0 Å². The number of nitriles is 1. The lowest BCUT2D eigenvalue weighted by molar-refractivity contribution is -0.113. The number of aryl methyl sites for hydroxylation is 1. The molecule has 0 fully saturated rings. The lowest BCUT2D eigenvalue weighted by atomic mass is 10.1. The summed E-state index contributed by atoms with van der Waals surface area (Å²) in [5.74, 6) is 2.57. The van der Waals surface area contributed by atoms with Crippen molar-refractivity contribution in [1.29, 1.82) is 5.26 Å². The number of ether oxygens (including phenoxy) is 2. The maximum atomic E-state index is 12.3. The number of anilines is 1. The highest BCUT2D eigenvalue weighted by atomic mass is 32.2. The molecule has 0 saturated carbocycles. The van der Waals surface area contributed by atoms with Crippen molar-refractivity contribution in [2.24, 2.45) is 0 Å². The summed E-state index contributed by atoms with van der Waals surface area (Å²) >= 11 is 3.09. The van der Waals surface area contributed by atoms with Crippen molar-refractivity contribution in [2.45, 2.75) is 32.1 Å². The number of fused-ring (bicyclic) bond motifs is 1. The van der Waals surface area contributed by atoms with Crippen LogP contribution in [0.2, 0.25) is 0 Å². The van der Waals surface area contributed by atoms with Crippen LogP contribution >= 0.6 is 23.1 Å². The van der Waals surface area contributed by atoms with Gasteiger partial charge in [-0.05, 0) is 55.5 Å². The summed E-state index contributed by atoms with van der Waals surface area (Å²) in [6, 6.07) is 9.73. The van der Waals surface area contributed by atoms with Crippen LogP contribution in [-0.2, 0) is 17.6 Å². The Balaban J connectivity index is 1.42. The number of hydrogen-bond acceptors (Lipinski definition) is 6. The van der Waals surface area contributed by atoms with E-state index in [1.165, 1.54) is 23.1 Å². The predicted molar refractivity (Wildman–Crippen MR) is 115 cm³/mol. The van der Waals surface area contributed by atoms with Crippen LogP contribution in [0.25, 0.3) is 0 Å². The van der Waals surface area contributed by atoms with E-state index in [0.29, 0.717) is 23.7 Å². The second kappa shape index (κ2) is 10.4. The van der Waals surface area contributed by atoms with Crippen molar-refractivity contribution in [3.63, 3.8) is 0 Å². The number of thiophene rings is 1. The van der Waals surface area contributed by atoms with Gasteiger partial charge in [-0.2, -0.15) is 5.26 Å². The summed E-state index contributed by atoms with van der Waals surface area (Å²) in [5, 5.41) is 13.2. The van der Waals surface area contributed by atoms with E-state index in [-0.39, 0.29) is 5.91 Å². The normalized spacial score (nSPS) is 13.1. The molecule has 1 heterocycles. The average molecular weight is 417 g/mol. The number of rotatable bonds is 8. The van der Waals surface area contributed by atoms with Gasteiger partial charge in [-0.25, -0.2) is 0 Å². The quantitative estimate of drug-likeness (QED) is 0.501. The third-order valence-corrected chi connectivity index (χ3v) is 6.70. The van der Waals surface area contributed by atoms with E-state index in [1.54, 1.807) is 18.4 Å². The number of thioether (sulfide) groups is 1. The summed E-state index contributed by atoms with van der Waals surface area (Å²) in [6.07, 6.45) is 5.46. The number of nitrogens with zero attached hydrogens (tertiary/aromatic N) is 1. The van der Waals surface area contributed by atoms with Crippen molar-refractivity contribution in [2.75, 3.05) is 30.5 Å². The van der Waals surface area contributed by atoms with Crippen molar-refractivity contribution < 1.29 is 14.3 Å². The number of carbonyl (C=O) groups excluding carboxylic acids is 1. The molecule has 1 aliphatic rings. The monoisotopic (exact) mass is 416 g/mol. The first-order chi connectivity index (χ1) is 13.7. The van der Waals surface area contributed by atoms with E-state index in [4.69, 9.17) is 9.47 Å². The summed E-state index contributed by atoms with van der Waals surface area (Å²) in [4.78, 5) is 13.5. The first-order valence-electron chi connectivity index (χ1n) is 9.40. The molecule has 0 radical (unpaired) electrons. The van der Waals surface area contributed by atoms with Crippen LogP contribution in [0, 0.1) is 11.3 Å². The second-order valence-corrected chi connectivity index (χ2v) is 8.72. The molecule has 0 aliphatic heterocycles. The molecule has 0 unspecified atom stereocenters. The Morgan fingerprint density at radius 3 is 2.71 bits per heavy atom. The predicted octanol–water partition coefficient (Wildman–Crippen LogP) is 4.65. The Morgan fingerprint density at radius 2 is 1.96 bits per heavy atom. The van der Waals surface area contributed by atoms with E-state index in [2.05, 4.69) is 11.4 Å². The van der Waals surface area contributed by atoms with Gasteiger partial charge in [0.25, 0.3) is 0 Å². The van der Waals surface area contributed by atoms with Crippen LogP contribution in [0.1, 0.15) is 35.3 Å². The largest absolute Gasteiger partial charge is 0.497 e. The van der Waals surface area contributed by atoms with Gasteiger partial charge >= 0.3 is 0 Å². The van der Waals surface area contributed by atoms with Gasteiger partial charge in [0.2, 0.25) is 5.91 Å².